The zero-order valence-electron chi connectivity index (χ0n) is 10.6. The molecule has 0 saturated carbocycles. The van der Waals surface area contributed by atoms with E-state index in [1.807, 2.05) is 0 Å². The average Bonchev–Trinajstić information content (AvgIpc) is 2.37. The van der Waals surface area contributed by atoms with E-state index in [0.717, 1.165) is 6.07 Å². The van der Waals surface area contributed by atoms with Crippen LogP contribution in [0.25, 0.3) is 0 Å². The number of rotatable bonds is 3. The van der Waals surface area contributed by atoms with Crippen molar-refractivity contribution < 1.29 is 14.1 Å². The van der Waals surface area contributed by atoms with Crippen LogP contribution in [0.5, 0.6) is 11.6 Å². The van der Waals surface area contributed by atoms with E-state index < -0.39 is 10.7 Å². The largest absolute Gasteiger partial charge is 0.435 e. The Morgan fingerprint density at radius 1 is 1.35 bits per heavy atom. The number of hydrogen-bond acceptors (Lipinski definition) is 5. The number of ether oxygens (including phenoxy) is 1. The fraction of sp³-hybridized carbons (Fsp3) is 0.167. The average molecular weight is 298 g/mol. The molecule has 2 rings (SSSR count). The molecule has 0 fully saturated rings. The quantitative estimate of drug-likeness (QED) is 0.491. The summed E-state index contributed by atoms with van der Waals surface area (Å²) < 4.78 is 19.1. The normalized spacial score (nSPS) is 10.4. The summed E-state index contributed by atoms with van der Waals surface area (Å²) in [4.78, 5) is 17.6. The molecule has 1 aromatic heterocycles. The molecule has 0 aliphatic carbocycles. The van der Waals surface area contributed by atoms with Crippen LogP contribution in [0.3, 0.4) is 0 Å². The molecular weight excluding hydrogens is 289 g/mol. The summed E-state index contributed by atoms with van der Waals surface area (Å²) in [5.41, 5.74) is 0.529. The van der Waals surface area contributed by atoms with Gasteiger partial charge in [0.05, 0.1) is 11.0 Å². The van der Waals surface area contributed by atoms with Crippen molar-refractivity contribution in [3.63, 3.8) is 0 Å². The lowest BCUT2D eigenvalue weighted by Gasteiger charge is -2.09. The van der Waals surface area contributed by atoms with Gasteiger partial charge >= 0.3 is 0 Å². The summed E-state index contributed by atoms with van der Waals surface area (Å²) in [5.74, 6) is -0.917. The molecule has 0 amide bonds. The lowest BCUT2D eigenvalue weighted by atomic mass is 10.2. The van der Waals surface area contributed by atoms with Crippen molar-refractivity contribution in [1.82, 2.24) is 9.97 Å². The molecule has 6 nitrogen and oxygen atoms in total. The number of aromatic nitrogens is 2. The fourth-order valence-corrected chi connectivity index (χ4v) is 1.66. The molecule has 0 atom stereocenters. The van der Waals surface area contributed by atoms with Crippen molar-refractivity contribution in [2.75, 3.05) is 0 Å². The maximum atomic E-state index is 13.8. The number of halogens is 2. The second kappa shape index (κ2) is 5.38. The Morgan fingerprint density at radius 3 is 2.70 bits per heavy atom. The monoisotopic (exact) mass is 297 g/mol. The van der Waals surface area contributed by atoms with Crippen LogP contribution in [0, 0.1) is 29.8 Å². The summed E-state index contributed by atoms with van der Waals surface area (Å²) in [7, 11) is 0. The number of hydrogen-bond donors (Lipinski definition) is 0. The molecule has 2 aromatic rings. The van der Waals surface area contributed by atoms with Gasteiger partial charge in [-0.1, -0.05) is 0 Å². The zero-order valence-corrected chi connectivity index (χ0v) is 11.3. The molecule has 1 heterocycles. The summed E-state index contributed by atoms with van der Waals surface area (Å²) in [5, 5.41) is 10.7. The van der Waals surface area contributed by atoms with Crippen LogP contribution in [0.2, 0.25) is 5.28 Å². The van der Waals surface area contributed by atoms with Crippen molar-refractivity contribution in [3.8, 4) is 11.6 Å². The molecule has 0 saturated heterocycles. The van der Waals surface area contributed by atoms with Crippen molar-refractivity contribution in [3.05, 3.63) is 50.7 Å². The topological polar surface area (TPSA) is 78.2 Å². The third-order valence-corrected chi connectivity index (χ3v) is 2.73. The molecule has 0 spiro atoms. The molecule has 0 N–H and O–H groups in total. The van der Waals surface area contributed by atoms with Gasteiger partial charge in [0.25, 0.3) is 5.69 Å². The smallest absolute Gasteiger partial charge is 0.275 e. The van der Waals surface area contributed by atoms with Crippen LogP contribution >= 0.6 is 11.6 Å². The van der Waals surface area contributed by atoms with Gasteiger partial charge < -0.3 is 4.74 Å². The zero-order chi connectivity index (χ0) is 14.9. The first-order valence-corrected chi connectivity index (χ1v) is 5.88. The van der Waals surface area contributed by atoms with Crippen molar-refractivity contribution in [2.24, 2.45) is 0 Å². The number of benzene rings is 1. The van der Waals surface area contributed by atoms with Crippen LogP contribution in [0.1, 0.15) is 11.1 Å². The molecule has 1 aromatic carbocycles. The minimum Gasteiger partial charge on any atom is -0.435 e. The number of aryl methyl sites for hydroxylation is 2. The molecule has 0 bridgehead atoms. The number of nitrogens with zero attached hydrogens (tertiary/aromatic N) is 3. The minimum atomic E-state index is -0.851. The fourth-order valence-electron chi connectivity index (χ4n) is 1.53. The Hall–Kier alpha value is -2.28. The maximum Gasteiger partial charge on any atom is 0.275 e. The van der Waals surface area contributed by atoms with Crippen LogP contribution in [-0.4, -0.2) is 14.9 Å². The highest BCUT2D eigenvalue weighted by atomic mass is 35.5. The van der Waals surface area contributed by atoms with E-state index in [1.165, 1.54) is 19.2 Å². The second-order valence-corrected chi connectivity index (χ2v) is 4.39. The lowest BCUT2D eigenvalue weighted by Crippen LogP contribution is -1.98. The summed E-state index contributed by atoms with van der Waals surface area (Å²) in [6, 6.07) is 2.05. The second-order valence-electron chi connectivity index (χ2n) is 4.06. The Morgan fingerprint density at radius 2 is 2.05 bits per heavy atom. The van der Waals surface area contributed by atoms with Gasteiger partial charge in [-0.2, -0.15) is 4.98 Å². The van der Waals surface area contributed by atoms with Crippen molar-refractivity contribution in [1.29, 1.82) is 0 Å². The first-order valence-electron chi connectivity index (χ1n) is 5.50. The van der Waals surface area contributed by atoms with Crippen molar-refractivity contribution >= 4 is 17.3 Å². The maximum absolute atomic E-state index is 13.8. The molecular formula is C12H9ClFN3O3. The SMILES string of the molecule is Cc1cc(Oc2nc(Cl)ncc2C)c(F)cc1[N+](=O)[O-]. The van der Waals surface area contributed by atoms with Crippen molar-refractivity contribution in [2.45, 2.75) is 13.8 Å². The number of nitro groups is 1. The predicted molar refractivity (Wildman–Crippen MR) is 69.6 cm³/mol. The first-order chi connectivity index (χ1) is 9.38. The van der Waals surface area contributed by atoms with Gasteiger partial charge in [-0.05, 0) is 31.5 Å². The lowest BCUT2D eigenvalue weighted by molar-refractivity contribution is -0.385. The molecule has 8 heteroatoms. The van der Waals surface area contributed by atoms with Crippen LogP contribution in [-0.2, 0) is 0 Å². The Labute approximate surface area is 118 Å². The molecule has 0 aliphatic rings. The summed E-state index contributed by atoms with van der Waals surface area (Å²) >= 11 is 5.64. The highest BCUT2D eigenvalue weighted by Gasteiger charge is 2.17. The molecule has 0 aliphatic heterocycles. The van der Waals surface area contributed by atoms with Gasteiger partial charge in [0, 0.05) is 17.3 Å². The standard InChI is InChI=1S/C12H9ClFN3O3/c1-6-3-10(8(14)4-9(6)17(18)19)20-11-7(2)5-15-12(13)16-11/h3-5H,1-2H3. The first kappa shape index (κ1) is 14.1. The van der Waals surface area contributed by atoms with E-state index >= 15 is 0 Å². The molecule has 20 heavy (non-hydrogen) atoms. The number of nitro benzene ring substituents is 1. The minimum absolute atomic E-state index is 0.0374. The van der Waals surface area contributed by atoms with Gasteiger partial charge in [-0.15, -0.1) is 0 Å². The van der Waals surface area contributed by atoms with Gasteiger partial charge in [-0.3, -0.25) is 10.1 Å². The molecule has 104 valence electrons. The van der Waals surface area contributed by atoms with E-state index in [0.29, 0.717) is 5.56 Å². The van der Waals surface area contributed by atoms with Crippen LogP contribution in [0.4, 0.5) is 10.1 Å². The van der Waals surface area contributed by atoms with E-state index in [1.54, 1.807) is 6.92 Å². The van der Waals surface area contributed by atoms with E-state index in [-0.39, 0.29) is 28.2 Å². The highest BCUT2D eigenvalue weighted by Crippen LogP contribution is 2.31. The third-order valence-electron chi connectivity index (χ3n) is 2.55. The van der Waals surface area contributed by atoms with Gasteiger partial charge in [0.1, 0.15) is 0 Å². The Bertz CT molecular complexity index is 694. The van der Waals surface area contributed by atoms with E-state index in [4.69, 9.17) is 16.3 Å². The van der Waals surface area contributed by atoms with Gasteiger partial charge in [0.2, 0.25) is 11.2 Å². The predicted octanol–water partition coefficient (Wildman–Crippen LogP) is 3.59. The molecule has 0 radical (unpaired) electrons. The Kier molecular flexibility index (Phi) is 3.80. The summed E-state index contributed by atoms with van der Waals surface area (Å²) in [6.45, 7) is 3.16. The van der Waals surface area contributed by atoms with Gasteiger partial charge in [-0.25, -0.2) is 9.37 Å². The molecule has 0 unspecified atom stereocenters. The van der Waals surface area contributed by atoms with Crippen LogP contribution < -0.4 is 4.74 Å². The van der Waals surface area contributed by atoms with Crippen LogP contribution in [0.15, 0.2) is 18.3 Å². The Balaban J connectivity index is 2.42. The highest BCUT2D eigenvalue weighted by molar-refractivity contribution is 6.28. The third kappa shape index (κ3) is 2.83. The van der Waals surface area contributed by atoms with E-state index in [9.17, 15) is 14.5 Å². The van der Waals surface area contributed by atoms with Gasteiger partial charge in [0.15, 0.2) is 11.6 Å². The summed E-state index contributed by atoms with van der Waals surface area (Å²) in [6.07, 6.45) is 1.43. The van der Waals surface area contributed by atoms with E-state index in [2.05, 4.69) is 9.97 Å².